The molecule has 2 atom stereocenters. The number of benzene rings is 1. The first-order valence-electron chi connectivity index (χ1n) is 6.22. The van der Waals surface area contributed by atoms with Crippen LogP contribution >= 0.6 is 11.6 Å². The Kier molecular flexibility index (Phi) is 3.31. The van der Waals surface area contributed by atoms with Gasteiger partial charge in [-0.1, -0.05) is 48.0 Å². The van der Waals surface area contributed by atoms with Crippen molar-refractivity contribution in [2.75, 3.05) is 0 Å². The quantitative estimate of drug-likeness (QED) is 0.851. The maximum absolute atomic E-state index is 6.03. The van der Waals surface area contributed by atoms with E-state index in [2.05, 4.69) is 40.6 Å². The summed E-state index contributed by atoms with van der Waals surface area (Å²) in [5.41, 5.74) is 2.49. The molecule has 0 radical (unpaired) electrons. The van der Waals surface area contributed by atoms with Crippen LogP contribution in [0.2, 0.25) is 5.15 Å². The predicted molar refractivity (Wildman–Crippen MR) is 73.7 cm³/mol. The molecule has 92 valence electrons. The minimum atomic E-state index is 0.573. The Bertz CT molecular complexity index is 527. The molecule has 1 N–H and O–H groups in total. The van der Waals surface area contributed by atoms with E-state index in [0.29, 0.717) is 17.1 Å². The minimum Gasteiger partial charge on any atom is -0.309 e. The summed E-state index contributed by atoms with van der Waals surface area (Å²) in [5.74, 6) is 0.654. The van der Waals surface area contributed by atoms with Gasteiger partial charge in [-0.2, -0.15) is 0 Å². The van der Waals surface area contributed by atoms with Gasteiger partial charge in [0.2, 0.25) is 0 Å². The molecule has 2 aromatic rings. The Labute approximate surface area is 112 Å². The summed E-state index contributed by atoms with van der Waals surface area (Å²) in [4.78, 5) is 4.08. The summed E-state index contributed by atoms with van der Waals surface area (Å²) in [6.07, 6.45) is 2.93. The van der Waals surface area contributed by atoms with E-state index in [0.717, 1.165) is 12.1 Å². The van der Waals surface area contributed by atoms with Crippen molar-refractivity contribution in [2.45, 2.75) is 24.9 Å². The molecule has 1 heterocycles. The maximum atomic E-state index is 6.03. The zero-order valence-corrected chi connectivity index (χ0v) is 10.8. The van der Waals surface area contributed by atoms with Crippen molar-refractivity contribution in [3.05, 3.63) is 64.9 Å². The van der Waals surface area contributed by atoms with Crippen LogP contribution in [0.4, 0.5) is 0 Å². The third kappa shape index (κ3) is 2.55. The summed E-state index contributed by atoms with van der Waals surface area (Å²) in [6.45, 7) is 0.792. The molecule has 2 nitrogen and oxygen atoms in total. The SMILES string of the molecule is Clc1ncccc1CN[C@@H]1C[C@H]1c1ccccc1. The monoisotopic (exact) mass is 258 g/mol. The summed E-state index contributed by atoms with van der Waals surface area (Å²) in [7, 11) is 0. The molecule has 0 aliphatic heterocycles. The van der Waals surface area contributed by atoms with Crippen molar-refractivity contribution in [2.24, 2.45) is 0 Å². The van der Waals surface area contributed by atoms with Gasteiger partial charge in [0.05, 0.1) is 0 Å². The van der Waals surface area contributed by atoms with Crippen LogP contribution in [-0.4, -0.2) is 11.0 Å². The van der Waals surface area contributed by atoms with Crippen LogP contribution in [-0.2, 0) is 6.54 Å². The lowest BCUT2D eigenvalue weighted by atomic mass is 10.1. The lowest BCUT2D eigenvalue weighted by molar-refractivity contribution is 0.671. The summed E-state index contributed by atoms with van der Waals surface area (Å²) < 4.78 is 0. The third-order valence-electron chi connectivity index (χ3n) is 3.41. The molecule has 1 fully saturated rings. The van der Waals surface area contributed by atoms with Crippen molar-refractivity contribution in [1.82, 2.24) is 10.3 Å². The van der Waals surface area contributed by atoms with Crippen molar-refractivity contribution >= 4 is 11.6 Å². The average Bonchev–Trinajstić information content (AvgIpc) is 3.18. The lowest BCUT2D eigenvalue weighted by Crippen LogP contribution is -2.17. The van der Waals surface area contributed by atoms with Crippen LogP contribution in [0.1, 0.15) is 23.5 Å². The number of nitrogens with one attached hydrogen (secondary N) is 1. The summed E-state index contributed by atoms with van der Waals surface area (Å²) in [6, 6.07) is 15.2. The predicted octanol–water partition coefficient (Wildman–Crippen LogP) is 3.38. The second-order valence-corrected chi connectivity index (χ2v) is 5.05. The molecule has 0 bridgehead atoms. The van der Waals surface area contributed by atoms with Gasteiger partial charge in [-0.15, -0.1) is 0 Å². The Morgan fingerprint density at radius 3 is 2.78 bits per heavy atom. The summed E-state index contributed by atoms with van der Waals surface area (Å²) in [5, 5.41) is 4.14. The number of nitrogens with zero attached hydrogens (tertiary/aromatic N) is 1. The van der Waals surface area contributed by atoms with Crippen LogP contribution in [0, 0.1) is 0 Å². The summed E-state index contributed by atoms with van der Waals surface area (Å²) >= 11 is 6.03. The fourth-order valence-corrected chi connectivity index (χ4v) is 2.47. The number of pyridine rings is 1. The van der Waals surface area contributed by atoms with Crippen LogP contribution in [0.25, 0.3) is 0 Å². The number of rotatable bonds is 4. The highest BCUT2D eigenvalue weighted by atomic mass is 35.5. The first-order valence-corrected chi connectivity index (χ1v) is 6.60. The molecule has 0 unspecified atom stereocenters. The van der Waals surface area contributed by atoms with Gasteiger partial charge in [-0.25, -0.2) is 4.98 Å². The molecule has 18 heavy (non-hydrogen) atoms. The van der Waals surface area contributed by atoms with Gasteiger partial charge in [-0.05, 0) is 18.1 Å². The van der Waals surface area contributed by atoms with Crippen LogP contribution < -0.4 is 5.32 Å². The Hall–Kier alpha value is -1.38. The molecule has 0 amide bonds. The Balaban J connectivity index is 1.56. The van der Waals surface area contributed by atoms with E-state index in [4.69, 9.17) is 11.6 Å². The smallest absolute Gasteiger partial charge is 0.133 e. The molecule has 1 saturated carbocycles. The Morgan fingerprint density at radius 1 is 1.17 bits per heavy atom. The zero-order chi connectivity index (χ0) is 12.4. The lowest BCUT2D eigenvalue weighted by Gasteiger charge is -2.05. The minimum absolute atomic E-state index is 0.573. The van der Waals surface area contributed by atoms with E-state index in [-0.39, 0.29) is 0 Å². The molecular formula is C15H15ClN2. The highest BCUT2D eigenvalue weighted by Crippen LogP contribution is 2.40. The first-order chi connectivity index (χ1) is 8.84. The Morgan fingerprint density at radius 2 is 2.00 bits per heavy atom. The fourth-order valence-electron chi connectivity index (χ4n) is 2.28. The number of halogens is 1. The molecule has 0 saturated heterocycles. The largest absolute Gasteiger partial charge is 0.309 e. The number of aromatic nitrogens is 1. The van der Waals surface area contributed by atoms with E-state index in [1.54, 1.807) is 6.20 Å². The molecule has 3 heteroatoms. The van der Waals surface area contributed by atoms with Gasteiger partial charge in [0.25, 0.3) is 0 Å². The number of hydrogen-bond donors (Lipinski definition) is 1. The molecular weight excluding hydrogens is 244 g/mol. The molecule has 3 rings (SSSR count). The van der Waals surface area contributed by atoms with E-state index < -0.39 is 0 Å². The van der Waals surface area contributed by atoms with Gasteiger partial charge >= 0.3 is 0 Å². The van der Waals surface area contributed by atoms with Gasteiger partial charge < -0.3 is 5.32 Å². The molecule has 1 aromatic heterocycles. The zero-order valence-electron chi connectivity index (χ0n) is 10.0. The average molecular weight is 259 g/mol. The van der Waals surface area contributed by atoms with E-state index in [1.807, 2.05) is 12.1 Å². The van der Waals surface area contributed by atoms with Crippen LogP contribution in [0.15, 0.2) is 48.7 Å². The van der Waals surface area contributed by atoms with E-state index in [1.165, 1.54) is 12.0 Å². The second kappa shape index (κ2) is 5.09. The van der Waals surface area contributed by atoms with Gasteiger partial charge in [0.15, 0.2) is 0 Å². The number of hydrogen-bond acceptors (Lipinski definition) is 2. The highest BCUT2D eigenvalue weighted by molar-refractivity contribution is 6.30. The van der Waals surface area contributed by atoms with E-state index >= 15 is 0 Å². The fraction of sp³-hybridized carbons (Fsp3) is 0.267. The topological polar surface area (TPSA) is 24.9 Å². The molecule has 0 spiro atoms. The third-order valence-corrected chi connectivity index (χ3v) is 3.75. The second-order valence-electron chi connectivity index (χ2n) is 4.69. The van der Waals surface area contributed by atoms with Crippen LogP contribution in [0.3, 0.4) is 0 Å². The standard InChI is InChI=1S/C15H15ClN2/c16-15-12(7-4-8-17-15)10-18-14-9-13(14)11-5-2-1-3-6-11/h1-8,13-14,18H,9-10H2/t13-,14+/m0/s1. The van der Waals surface area contributed by atoms with Crippen LogP contribution in [0.5, 0.6) is 0 Å². The van der Waals surface area contributed by atoms with Gasteiger partial charge in [-0.3, -0.25) is 0 Å². The first kappa shape index (κ1) is 11.7. The maximum Gasteiger partial charge on any atom is 0.133 e. The van der Waals surface area contributed by atoms with E-state index in [9.17, 15) is 0 Å². The molecule has 1 aliphatic carbocycles. The van der Waals surface area contributed by atoms with Crippen molar-refractivity contribution in [3.8, 4) is 0 Å². The highest BCUT2D eigenvalue weighted by Gasteiger charge is 2.37. The normalized spacial score (nSPS) is 21.8. The molecule has 1 aliphatic rings. The van der Waals surface area contributed by atoms with Crippen molar-refractivity contribution in [1.29, 1.82) is 0 Å². The van der Waals surface area contributed by atoms with Crippen molar-refractivity contribution in [3.63, 3.8) is 0 Å². The molecule has 1 aromatic carbocycles. The van der Waals surface area contributed by atoms with Gasteiger partial charge in [0.1, 0.15) is 5.15 Å². The van der Waals surface area contributed by atoms with Gasteiger partial charge in [0, 0.05) is 30.3 Å². The van der Waals surface area contributed by atoms with Crippen molar-refractivity contribution < 1.29 is 0 Å².